The van der Waals surface area contributed by atoms with Crippen LogP contribution in [0.25, 0.3) is 6.08 Å². The van der Waals surface area contributed by atoms with E-state index in [-0.39, 0.29) is 22.5 Å². The van der Waals surface area contributed by atoms with Gasteiger partial charge in [-0.05, 0) is 42.6 Å². The van der Waals surface area contributed by atoms with E-state index in [2.05, 4.69) is 61.5 Å². The number of rotatable bonds is 16. The largest absolute Gasteiger partial charge is 0.507 e. The number of carbonyl (C=O) groups excluding carboxylic acids is 1. The van der Waals surface area contributed by atoms with Gasteiger partial charge in [0.05, 0.1) is 0 Å². The maximum Gasteiger partial charge on any atom is 0.308 e. The molecule has 3 nitrogen and oxygen atoms in total. The van der Waals surface area contributed by atoms with Crippen molar-refractivity contribution in [2.45, 2.75) is 163 Å². The summed E-state index contributed by atoms with van der Waals surface area (Å²) in [4.78, 5) is 12.2. The quantitative estimate of drug-likeness (QED) is 0.135. The van der Waals surface area contributed by atoms with E-state index in [1.807, 2.05) is 6.07 Å². The van der Waals surface area contributed by atoms with Crippen LogP contribution >= 0.6 is 0 Å². The molecule has 1 rings (SSSR count). The fraction of sp³-hybridized carbons (Fsp3) is 0.735. The molecule has 0 unspecified atom stereocenters. The summed E-state index contributed by atoms with van der Waals surface area (Å²) >= 11 is 0. The Kier molecular flexibility index (Phi) is 14.6. The molecule has 0 radical (unpaired) electrons. The average Bonchev–Trinajstić information content (AvgIpc) is 2.78. The zero-order valence-corrected chi connectivity index (χ0v) is 25.8. The molecule has 37 heavy (non-hydrogen) atoms. The van der Waals surface area contributed by atoms with Crippen LogP contribution in [0.2, 0.25) is 0 Å². The van der Waals surface area contributed by atoms with Crippen molar-refractivity contribution in [3.63, 3.8) is 0 Å². The highest BCUT2D eigenvalue weighted by Crippen LogP contribution is 2.46. The Morgan fingerprint density at radius 1 is 0.784 bits per heavy atom. The maximum absolute atomic E-state index is 12.2. The van der Waals surface area contributed by atoms with Crippen molar-refractivity contribution in [2.75, 3.05) is 0 Å². The highest BCUT2D eigenvalue weighted by molar-refractivity contribution is 5.76. The first-order valence-electron chi connectivity index (χ1n) is 15.1. The molecule has 1 aromatic carbocycles. The van der Waals surface area contributed by atoms with E-state index >= 15 is 0 Å². The van der Waals surface area contributed by atoms with Gasteiger partial charge in [-0.2, -0.15) is 0 Å². The molecule has 0 atom stereocenters. The first kappa shape index (κ1) is 33.3. The van der Waals surface area contributed by atoms with Gasteiger partial charge in [0.25, 0.3) is 0 Å². The van der Waals surface area contributed by atoms with Crippen LogP contribution < -0.4 is 4.74 Å². The van der Waals surface area contributed by atoms with E-state index in [1.54, 1.807) is 0 Å². The summed E-state index contributed by atoms with van der Waals surface area (Å²) in [6, 6.07) is 1.83. The summed E-state index contributed by atoms with van der Waals surface area (Å²) in [6.07, 6.45) is 19.7. The minimum atomic E-state index is -0.323. The third-order valence-corrected chi connectivity index (χ3v) is 7.15. The predicted molar refractivity (Wildman–Crippen MR) is 161 cm³/mol. The van der Waals surface area contributed by atoms with E-state index < -0.39 is 0 Å². The number of ether oxygens (including phenoxy) is 1. The van der Waals surface area contributed by atoms with Crippen LogP contribution in [0.1, 0.15) is 169 Å². The first-order chi connectivity index (χ1) is 17.3. The molecule has 0 aliphatic rings. The number of carbonyl (C=O) groups is 1. The van der Waals surface area contributed by atoms with Crippen LogP contribution in [-0.4, -0.2) is 11.1 Å². The minimum absolute atomic E-state index is 0.273. The van der Waals surface area contributed by atoms with Gasteiger partial charge in [0.15, 0.2) is 0 Å². The van der Waals surface area contributed by atoms with Gasteiger partial charge in [-0.3, -0.25) is 4.79 Å². The Labute approximate surface area is 229 Å². The van der Waals surface area contributed by atoms with Crippen molar-refractivity contribution in [1.82, 2.24) is 0 Å². The molecule has 0 aliphatic carbocycles. The van der Waals surface area contributed by atoms with Gasteiger partial charge in [0.1, 0.15) is 11.5 Å². The molecule has 0 saturated carbocycles. The van der Waals surface area contributed by atoms with Crippen molar-refractivity contribution in [2.24, 2.45) is 0 Å². The van der Waals surface area contributed by atoms with Crippen LogP contribution in [-0.2, 0) is 15.6 Å². The highest BCUT2D eigenvalue weighted by atomic mass is 16.5. The van der Waals surface area contributed by atoms with E-state index in [9.17, 15) is 9.90 Å². The Bertz CT molecular complexity index is 831. The van der Waals surface area contributed by atoms with Crippen molar-refractivity contribution in [3.8, 4) is 11.5 Å². The van der Waals surface area contributed by atoms with E-state index in [4.69, 9.17) is 4.74 Å². The van der Waals surface area contributed by atoms with E-state index in [1.165, 1.54) is 89.5 Å². The summed E-state index contributed by atoms with van der Waals surface area (Å²) in [6.45, 7) is 18.7. The number of allylic oxidation sites excluding steroid dienone is 1. The molecule has 0 bridgehead atoms. The Hall–Kier alpha value is -1.77. The summed E-state index contributed by atoms with van der Waals surface area (Å²) in [7, 11) is 0. The second-order valence-electron chi connectivity index (χ2n) is 13.0. The van der Waals surface area contributed by atoms with Gasteiger partial charge in [-0.15, -0.1) is 0 Å². The third kappa shape index (κ3) is 12.1. The zero-order chi connectivity index (χ0) is 28.1. The molecule has 0 heterocycles. The molecule has 0 spiro atoms. The van der Waals surface area contributed by atoms with Gasteiger partial charge >= 0.3 is 5.97 Å². The van der Waals surface area contributed by atoms with Crippen LogP contribution in [0.5, 0.6) is 11.5 Å². The van der Waals surface area contributed by atoms with Gasteiger partial charge in [-0.1, -0.05) is 131 Å². The van der Waals surface area contributed by atoms with Crippen molar-refractivity contribution < 1.29 is 14.6 Å². The second kappa shape index (κ2) is 16.2. The smallest absolute Gasteiger partial charge is 0.308 e. The van der Waals surface area contributed by atoms with Crippen molar-refractivity contribution in [1.29, 1.82) is 0 Å². The lowest BCUT2D eigenvalue weighted by molar-refractivity contribution is -0.132. The normalized spacial score (nSPS) is 12.0. The maximum atomic E-state index is 12.2. The van der Waals surface area contributed by atoms with E-state index in [0.29, 0.717) is 5.75 Å². The fourth-order valence-electron chi connectivity index (χ4n) is 5.10. The number of esters is 1. The summed E-state index contributed by atoms with van der Waals surface area (Å²) < 4.78 is 5.90. The number of unbranched alkanes of at least 4 members (excludes halogenated alkanes) is 10. The number of phenolic OH excluding ortho intramolecular Hbond substituents is 1. The molecular weight excluding hydrogens is 456 g/mol. The number of aromatic hydroxyl groups is 1. The lowest BCUT2D eigenvalue weighted by Crippen LogP contribution is -2.22. The van der Waals surface area contributed by atoms with Crippen LogP contribution in [0.4, 0.5) is 0 Å². The third-order valence-electron chi connectivity index (χ3n) is 7.15. The van der Waals surface area contributed by atoms with E-state index in [0.717, 1.165) is 29.5 Å². The van der Waals surface area contributed by atoms with Crippen LogP contribution in [0, 0.1) is 0 Å². The number of benzene rings is 1. The number of hydrogen-bond donors (Lipinski definition) is 1. The Balaban J connectivity index is 3.45. The van der Waals surface area contributed by atoms with Gasteiger partial charge < -0.3 is 9.84 Å². The zero-order valence-electron chi connectivity index (χ0n) is 25.8. The molecule has 1 aromatic rings. The molecule has 0 fully saturated rings. The second-order valence-corrected chi connectivity index (χ2v) is 13.0. The summed E-state index contributed by atoms with van der Waals surface area (Å²) in [5.41, 5.74) is 3.45. The van der Waals surface area contributed by atoms with Crippen LogP contribution in [0.15, 0.2) is 11.6 Å². The van der Waals surface area contributed by atoms with Gasteiger partial charge in [-0.25, -0.2) is 0 Å². The standard InChI is InChI=1S/C34H58O3/c1-10-12-14-16-18-20-22-27(23-21-19-17-15-13-11-2)24-28-30(36)25-29(33(4,5)6)32(37-26(3)35)31(28)34(7,8)9/h24-25,36H,10-23H2,1-9H3. The lowest BCUT2D eigenvalue weighted by atomic mass is 9.76. The topological polar surface area (TPSA) is 46.5 Å². The average molecular weight is 515 g/mol. The molecule has 0 aromatic heterocycles. The molecule has 0 saturated heterocycles. The molecular formula is C34H58O3. The summed E-state index contributed by atoms with van der Waals surface area (Å²) in [5, 5.41) is 11.4. The SMILES string of the molecule is CCCCCCCCC(=Cc1c(O)cc(C(C)(C)C)c(OC(C)=O)c1C(C)(C)C)CCCCCCCC. The molecule has 1 N–H and O–H groups in total. The molecule has 0 amide bonds. The minimum Gasteiger partial charge on any atom is -0.507 e. The number of phenols is 1. The molecule has 212 valence electrons. The highest BCUT2D eigenvalue weighted by Gasteiger charge is 2.32. The Morgan fingerprint density at radius 2 is 1.24 bits per heavy atom. The molecule has 0 aliphatic heterocycles. The molecule has 3 heteroatoms. The fourth-order valence-corrected chi connectivity index (χ4v) is 5.10. The first-order valence-corrected chi connectivity index (χ1v) is 15.1. The Morgan fingerprint density at radius 3 is 1.65 bits per heavy atom. The van der Waals surface area contributed by atoms with Gasteiger partial charge in [0, 0.05) is 23.6 Å². The summed E-state index contributed by atoms with van der Waals surface area (Å²) in [5.74, 6) is 0.583. The van der Waals surface area contributed by atoms with Crippen LogP contribution in [0.3, 0.4) is 0 Å². The monoisotopic (exact) mass is 514 g/mol. The lowest BCUT2D eigenvalue weighted by Gasteiger charge is -2.31. The van der Waals surface area contributed by atoms with Gasteiger partial charge in [0.2, 0.25) is 0 Å². The van der Waals surface area contributed by atoms with Crippen molar-refractivity contribution >= 4 is 12.0 Å². The predicted octanol–water partition coefficient (Wildman–Crippen LogP) is 10.8. The number of hydrogen-bond acceptors (Lipinski definition) is 3. The van der Waals surface area contributed by atoms with Crippen molar-refractivity contribution in [3.05, 3.63) is 28.3 Å².